The molecule has 1 aliphatic heterocycles. The molecule has 3 heteroatoms. The van der Waals surface area contributed by atoms with Crippen molar-refractivity contribution in [2.24, 2.45) is 11.3 Å². The second-order valence-corrected chi connectivity index (χ2v) is 7.39. The molecule has 0 aromatic heterocycles. The summed E-state index contributed by atoms with van der Waals surface area (Å²) >= 11 is 0. The molecule has 1 heterocycles. The van der Waals surface area contributed by atoms with Gasteiger partial charge in [-0.05, 0) is 25.2 Å². The predicted octanol–water partition coefficient (Wildman–Crippen LogP) is 2.51. The van der Waals surface area contributed by atoms with E-state index in [1.807, 2.05) is 0 Å². The SMILES string of the molecule is CC(C)CN(CC1(CNC(C)C)CCOC1)C1CC1. The maximum absolute atomic E-state index is 5.73. The lowest BCUT2D eigenvalue weighted by Gasteiger charge is -2.36. The van der Waals surface area contributed by atoms with Crippen molar-refractivity contribution in [3.63, 3.8) is 0 Å². The van der Waals surface area contributed by atoms with E-state index >= 15 is 0 Å². The van der Waals surface area contributed by atoms with Crippen molar-refractivity contribution in [1.82, 2.24) is 10.2 Å². The average Bonchev–Trinajstić information content (AvgIpc) is 3.07. The number of ether oxygens (including phenoxy) is 1. The Morgan fingerprint density at radius 1 is 1.26 bits per heavy atom. The van der Waals surface area contributed by atoms with E-state index in [4.69, 9.17) is 4.74 Å². The lowest BCUT2D eigenvalue weighted by Crippen LogP contribution is -2.47. The largest absolute Gasteiger partial charge is 0.381 e. The first kappa shape index (κ1) is 15.3. The van der Waals surface area contributed by atoms with Crippen LogP contribution < -0.4 is 5.32 Å². The Morgan fingerprint density at radius 2 is 2.00 bits per heavy atom. The molecule has 1 saturated carbocycles. The standard InChI is InChI=1S/C16H32N2O/c1-13(2)9-18(15-5-6-15)11-16(7-8-19-12-16)10-17-14(3)4/h13-15,17H,5-12H2,1-4H3. The average molecular weight is 268 g/mol. The molecule has 1 aliphatic carbocycles. The van der Waals surface area contributed by atoms with Gasteiger partial charge in [0.1, 0.15) is 0 Å². The molecule has 2 rings (SSSR count). The van der Waals surface area contributed by atoms with Crippen LogP contribution in [0.2, 0.25) is 0 Å². The first-order valence-electron chi connectivity index (χ1n) is 8.06. The van der Waals surface area contributed by atoms with Crippen LogP contribution in [0.3, 0.4) is 0 Å². The summed E-state index contributed by atoms with van der Waals surface area (Å²) < 4.78 is 5.73. The molecule has 2 aliphatic rings. The van der Waals surface area contributed by atoms with E-state index in [2.05, 4.69) is 37.9 Å². The van der Waals surface area contributed by atoms with Crippen molar-refractivity contribution in [2.45, 2.75) is 59.0 Å². The third-order valence-corrected chi connectivity index (χ3v) is 4.27. The molecule has 0 aromatic rings. The molecule has 0 aromatic carbocycles. The van der Waals surface area contributed by atoms with Crippen LogP contribution in [-0.4, -0.2) is 49.8 Å². The Balaban J connectivity index is 1.93. The predicted molar refractivity (Wildman–Crippen MR) is 80.4 cm³/mol. The van der Waals surface area contributed by atoms with Gasteiger partial charge in [-0.2, -0.15) is 0 Å². The van der Waals surface area contributed by atoms with Crippen LogP contribution >= 0.6 is 0 Å². The fraction of sp³-hybridized carbons (Fsp3) is 1.00. The van der Waals surface area contributed by atoms with Gasteiger partial charge in [0.05, 0.1) is 6.61 Å². The molecule has 19 heavy (non-hydrogen) atoms. The highest BCUT2D eigenvalue weighted by Crippen LogP contribution is 2.35. The Hall–Kier alpha value is -0.120. The highest BCUT2D eigenvalue weighted by atomic mass is 16.5. The summed E-state index contributed by atoms with van der Waals surface area (Å²) in [5, 5.41) is 3.64. The van der Waals surface area contributed by atoms with E-state index in [1.165, 1.54) is 32.4 Å². The number of hydrogen-bond donors (Lipinski definition) is 1. The second kappa shape index (κ2) is 6.55. The van der Waals surface area contributed by atoms with Gasteiger partial charge in [0.2, 0.25) is 0 Å². The number of hydrogen-bond acceptors (Lipinski definition) is 3. The van der Waals surface area contributed by atoms with Crippen LogP contribution in [0.25, 0.3) is 0 Å². The molecule has 112 valence electrons. The normalized spacial score (nSPS) is 27.9. The minimum Gasteiger partial charge on any atom is -0.381 e. The number of nitrogens with one attached hydrogen (secondary N) is 1. The van der Waals surface area contributed by atoms with Crippen LogP contribution in [0, 0.1) is 11.3 Å². The van der Waals surface area contributed by atoms with Crippen molar-refractivity contribution < 1.29 is 4.74 Å². The van der Waals surface area contributed by atoms with E-state index in [1.54, 1.807) is 0 Å². The van der Waals surface area contributed by atoms with Crippen LogP contribution in [0.4, 0.5) is 0 Å². The van der Waals surface area contributed by atoms with E-state index in [0.29, 0.717) is 11.5 Å². The topological polar surface area (TPSA) is 24.5 Å². The lowest BCUT2D eigenvalue weighted by molar-refractivity contribution is 0.0965. The number of rotatable bonds is 8. The van der Waals surface area contributed by atoms with Crippen molar-refractivity contribution in [3.05, 3.63) is 0 Å². The minimum absolute atomic E-state index is 0.349. The summed E-state index contributed by atoms with van der Waals surface area (Å²) in [6.07, 6.45) is 4.02. The summed E-state index contributed by atoms with van der Waals surface area (Å²) in [5.74, 6) is 0.762. The first-order chi connectivity index (χ1) is 9.01. The quantitative estimate of drug-likeness (QED) is 0.732. The van der Waals surface area contributed by atoms with Crippen LogP contribution in [0.15, 0.2) is 0 Å². The molecular weight excluding hydrogens is 236 g/mol. The van der Waals surface area contributed by atoms with Gasteiger partial charge in [0, 0.05) is 43.7 Å². The van der Waals surface area contributed by atoms with Gasteiger partial charge >= 0.3 is 0 Å². The van der Waals surface area contributed by atoms with Gasteiger partial charge in [-0.1, -0.05) is 27.7 Å². The van der Waals surface area contributed by atoms with Crippen LogP contribution in [-0.2, 0) is 4.74 Å². The maximum Gasteiger partial charge on any atom is 0.0547 e. The summed E-state index contributed by atoms with van der Waals surface area (Å²) in [4.78, 5) is 2.74. The molecule has 2 fully saturated rings. The molecule has 0 amide bonds. The minimum atomic E-state index is 0.349. The molecule has 1 N–H and O–H groups in total. The van der Waals surface area contributed by atoms with E-state index in [9.17, 15) is 0 Å². The second-order valence-electron chi connectivity index (χ2n) is 7.39. The van der Waals surface area contributed by atoms with Gasteiger partial charge in [-0.15, -0.1) is 0 Å². The molecule has 0 radical (unpaired) electrons. The number of nitrogens with zero attached hydrogens (tertiary/aromatic N) is 1. The molecule has 1 saturated heterocycles. The van der Waals surface area contributed by atoms with Gasteiger partial charge in [-0.3, -0.25) is 4.90 Å². The summed E-state index contributed by atoms with van der Waals surface area (Å²) in [7, 11) is 0. The van der Waals surface area contributed by atoms with Gasteiger partial charge < -0.3 is 10.1 Å². The molecular formula is C16H32N2O. The third-order valence-electron chi connectivity index (χ3n) is 4.27. The van der Waals surface area contributed by atoms with Crippen LogP contribution in [0.5, 0.6) is 0 Å². The molecule has 1 atom stereocenters. The molecule has 1 unspecified atom stereocenters. The van der Waals surface area contributed by atoms with Crippen molar-refractivity contribution in [3.8, 4) is 0 Å². The first-order valence-corrected chi connectivity index (χ1v) is 8.06. The lowest BCUT2D eigenvalue weighted by atomic mass is 9.86. The smallest absolute Gasteiger partial charge is 0.0547 e. The fourth-order valence-electron chi connectivity index (χ4n) is 3.07. The van der Waals surface area contributed by atoms with Crippen molar-refractivity contribution >= 4 is 0 Å². The van der Waals surface area contributed by atoms with Gasteiger partial charge in [0.25, 0.3) is 0 Å². The van der Waals surface area contributed by atoms with Crippen molar-refractivity contribution in [2.75, 3.05) is 32.8 Å². The monoisotopic (exact) mass is 268 g/mol. The van der Waals surface area contributed by atoms with Crippen molar-refractivity contribution in [1.29, 1.82) is 0 Å². The van der Waals surface area contributed by atoms with E-state index in [-0.39, 0.29) is 0 Å². The maximum atomic E-state index is 5.73. The van der Waals surface area contributed by atoms with Crippen LogP contribution in [0.1, 0.15) is 47.0 Å². The summed E-state index contributed by atoms with van der Waals surface area (Å²) in [6.45, 7) is 14.6. The highest BCUT2D eigenvalue weighted by Gasteiger charge is 2.40. The zero-order valence-corrected chi connectivity index (χ0v) is 13.2. The van der Waals surface area contributed by atoms with Gasteiger partial charge in [0.15, 0.2) is 0 Å². The Bertz CT molecular complexity index is 268. The summed E-state index contributed by atoms with van der Waals surface area (Å²) in [5.41, 5.74) is 0.349. The Kier molecular flexibility index (Phi) is 5.27. The Labute approximate surface area is 119 Å². The zero-order valence-electron chi connectivity index (χ0n) is 13.2. The Morgan fingerprint density at radius 3 is 2.47 bits per heavy atom. The van der Waals surface area contributed by atoms with E-state index in [0.717, 1.165) is 31.7 Å². The molecule has 0 spiro atoms. The summed E-state index contributed by atoms with van der Waals surface area (Å²) in [6, 6.07) is 1.43. The van der Waals surface area contributed by atoms with Gasteiger partial charge in [-0.25, -0.2) is 0 Å². The molecule has 0 bridgehead atoms. The molecule has 3 nitrogen and oxygen atoms in total. The zero-order chi connectivity index (χ0) is 13.9. The fourth-order valence-corrected chi connectivity index (χ4v) is 3.07. The van der Waals surface area contributed by atoms with E-state index < -0.39 is 0 Å². The highest BCUT2D eigenvalue weighted by molar-refractivity contribution is 4.94. The third kappa shape index (κ3) is 4.73.